The number of para-hydroxylation sites is 4. The quantitative estimate of drug-likeness (QED) is 0.144. The van der Waals surface area contributed by atoms with Gasteiger partial charge in [0.1, 0.15) is 22.3 Å². The Labute approximate surface area is 406 Å². The number of fused-ring (bicyclic) bond motifs is 7. The van der Waals surface area contributed by atoms with Gasteiger partial charge in [-0.25, -0.2) is 0 Å². The normalized spacial score (nSPS) is 11.6. The maximum Gasteiger partial charge on any atom is 0.136 e. The van der Waals surface area contributed by atoms with E-state index in [0.29, 0.717) is 0 Å². The molecule has 13 aromatic rings. The zero-order valence-corrected chi connectivity index (χ0v) is 38.8. The second-order valence-corrected chi connectivity index (χ2v) is 18.2. The molecule has 2 heterocycles. The lowest BCUT2D eigenvalue weighted by atomic mass is 9.89. The molecule has 0 atom stereocenters. The molecule has 0 fully saturated rings. The van der Waals surface area contributed by atoms with Crippen LogP contribution in [0.1, 0.15) is 11.1 Å². The highest BCUT2D eigenvalue weighted by atomic mass is 16.3. The van der Waals surface area contributed by atoms with Crippen molar-refractivity contribution in [3.05, 3.63) is 254 Å². The van der Waals surface area contributed by atoms with Crippen molar-refractivity contribution >= 4 is 88.8 Å². The largest absolute Gasteiger partial charge is 0.456 e. The number of rotatable bonds is 9. The average Bonchev–Trinajstić information content (AvgIpc) is 3.98. The third-order valence-corrected chi connectivity index (χ3v) is 13.9. The molecular formula is C66H46N2O2. The summed E-state index contributed by atoms with van der Waals surface area (Å²) in [4.78, 5) is 4.76. The van der Waals surface area contributed by atoms with Crippen molar-refractivity contribution in [1.82, 2.24) is 0 Å². The topological polar surface area (TPSA) is 32.8 Å². The van der Waals surface area contributed by atoms with Crippen molar-refractivity contribution in [2.75, 3.05) is 9.80 Å². The van der Waals surface area contributed by atoms with Crippen LogP contribution in [0.2, 0.25) is 0 Å². The van der Waals surface area contributed by atoms with Gasteiger partial charge in [0.15, 0.2) is 0 Å². The first-order valence-corrected chi connectivity index (χ1v) is 23.9. The Hall–Kier alpha value is -9.12. The van der Waals surface area contributed by atoms with Crippen molar-refractivity contribution in [2.45, 2.75) is 13.8 Å². The van der Waals surface area contributed by atoms with E-state index in [4.69, 9.17) is 8.83 Å². The molecule has 70 heavy (non-hydrogen) atoms. The Morgan fingerprint density at radius 1 is 0.271 bits per heavy atom. The molecule has 0 saturated heterocycles. The molecule has 0 bridgehead atoms. The van der Waals surface area contributed by atoms with Gasteiger partial charge in [0.05, 0.1) is 5.69 Å². The Morgan fingerprint density at radius 2 is 0.714 bits per heavy atom. The molecular weight excluding hydrogens is 853 g/mol. The first-order valence-electron chi connectivity index (χ1n) is 23.9. The molecule has 4 nitrogen and oxygen atoms in total. The summed E-state index contributed by atoms with van der Waals surface area (Å²) >= 11 is 0. The van der Waals surface area contributed by atoms with Crippen LogP contribution in [0.15, 0.2) is 251 Å². The van der Waals surface area contributed by atoms with Gasteiger partial charge in [-0.1, -0.05) is 140 Å². The van der Waals surface area contributed by atoms with Crippen LogP contribution >= 0.6 is 0 Å². The van der Waals surface area contributed by atoms with Crippen LogP contribution in [0, 0.1) is 13.8 Å². The minimum Gasteiger partial charge on any atom is -0.456 e. The van der Waals surface area contributed by atoms with E-state index in [1.807, 2.05) is 24.3 Å². The fraction of sp³-hybridized carbons (Fsp3) is 0.0303. The fourth-order valence-corrected chi connectivity index (χ4v) is 10.6. The van der Waals surface area contributed by atoms with Gasteiger partial charge in [0.2, 0.25) is 0 Å². The van der Waals surface area contributed by atoms with Gasteiger partial charge in [0.25, 0.3) is 0 Å². The number of hydrogen-bond donors (Lipinski definition) is 0. The fourth-order valence-electron chi connectivity index (χ4n) is 10.6. The zero-order chi connectivity index (χ0) is 46.7. The molecule has 0 aliphatic heterocycles. The average molecular weight is 899 g/mol. The van der Waals surface area contributed by atoms with Crippen LogP contribution in [0.25, 0.3) is 88.0 Å². The van der Waals surface area contributed by atoms with Crippen molar-refractivity contribution in [3.63, 3.8) is 0 Å². The van der Waals surface area contributed by atoms with Gasteiger partial charge >= 0.3 is 0 Å². The molecule has 0 aliphatic carbocycles. The van der Waals surface area contributed by atoms with E-state index >= 15 is 0 Å². The molecule has 0 aliphatic rings. The summed E-state index contributed by atoms with van der Waals surface area (Å²) in [6, 6.07) is 86.8. The van der Waals surface area contributed by atoms with E-state index in [-0.39, 0.29) is 0 Å². The summed E-state index contributed by atoms with van der Waals surface area (Å²) in [5, 5.41) is 6.90. The van der Waals surface area contributed by atoms with Crippen molar-refractivity contribution < 1.29 is 8.83 Å². The standard InChI is InChI=1S/C66H46N2O2/c1-43-37-53(67(49-19-5-3-6-20-49)51-23-15-17-45(39-51)47-31-34-58-56-26-11-13-29-62(56)69-64(58)41-47)33-36-54(43)66-44(2)38-61(55-25-9-10-28-60(55)66)68(50-21-7-4-8-22-50)52-24-16-18-46(40-52)48-32-35-59-57-27-12-14-30-63(57)70-65(59)42-48/h3-42H,1-2H3. The van der Waals surface area contributed by atoms with E-state index in [0.717, 1.165) is 100 Å². The summed E-state index contributed by atoms with van der Waals surface area (Å²) in [7, 11) is 0. The van der Waals surface area contributed by atoms with Crippen LogP contribution in [0.4, 0.5) is 34.1 Å². The lowest BCUT2D eigenvalue weighted by Gasteiger charge is -2.29. The molecule has 0 radical (unpaired) electrons. The van der Waals surface area contributed by atoms with Crippen molar-refractivity contribution in [3.8, 4) is 33.4 Å². The highest BCUT2D eigenvalue weighted by molar-refractivity contribution is 6.09. The van der Waals surface area contributed by atoms with Crippen LogP contribution < -0.4 is 9.80 Å². The van der Waals surface area contributed by atoms with E-state index < -0.39 is 0 Å². The predicted octanol–water partition coefficient (Wildman–Crippen LogP) is 19.2. The smallest absolute Gasteiger partial charge is 0.136 e. The Morgan fingerprint density at radius 3 is 1.29 bits per heavy atom. The van der Waals surface area contributed by atoms with Crippen molar-refractivity contribution in [1.29, 1.82) is 0 Å². The molecule has 0 spiro atoms. The second-order valence-electron chi connectivity index (χ2n) is 18.2. The first kappa shape index (κ1) is 41.1. The number of aryl methyl sites for hydroxylation is 2. The van der Waals surface area contributed by atoms with Crippen LogP contribution in [-0.2, 0) is 0 Å². The predicted molar refractivity (Wildman–Crippen MR) is 294 cm³/mol. The SMILES string of the molecule is Cc1cc(N(c2ccccc2)c2cccc(-c3ccc4c(c3)oc3ccccc34)c2)ccc1-c1c(C)cc(N(c2ccccc2)c2cccc(-c3ccc4c(c3)oc3ccccc34)c2)c2ccccc12. The van der Waals surface area contributed by atoms with Crippen LogP contribution in [0.5, 0.6) is 0 Å². The molecule has 13 rings (SSSR count). The minimum absolute atomic E-state index is 0.889. The van der Waals surface area contributed by atoms with E-state index in [9.17, 15) is 0 Å². The summed E-state index contributed by atoms with van der Waals surface area (Å²) in [6.07, 6.45) is 0. The number of hydrogen-bond acceptors (Lipinski definition) is 4. The zero-order valence-electron chi connectivity index (χ0n) is 38.8. The molecule has 0 saturated carbocycles. The third kappa shape index (κ3) is 7.08. The van der Waals surface area contributed by atoms with Gasteiger partial charge in [-0.2, -0.15) is 0 Å². The van der Waals surface area contributed by atoms with Gasteiger partial charge < -0.3 is 18.6 Å². The maximum absolute atomic E-state index is 6.33. The number of furan rings is 2. The molecule has 4 heteroatoms. The van der Waals surface area contributed by atoms with Crippen LogP contribution in [0.3, 0.4) is 0 Å². The lowest BCUT2D eigenvalue weighted by molar-refractivity contribution is 0.668. The summed E-state index contributed by atoms with van der Waals surface area (Å²) in [5.74, 6) is 0. The second kappa shape index (κ2) is 16.9. The first-order chi connectivity index (χ1) is 34.5. The molecule has 11 aromatic carbocycles. The minimum atomic E-state index is 0.889. The van der Waals surface area contributed by atoms with Gasteiger partial charge in [-0.3, -0.25) is 0 Å². The monoisotopic (exact) mass is 898 g/mol. The van der Waals surface area contributed by atoms with E-state index in [1.54, 1.807) is 0 Å². The van der Waals surface area contributed by atoms with E-state index in [1.165, 1.54) is 33.0 Å². The molecule has 332 valence electrons. The van der Waals surface area contributed by atoms with Crippen LogP contribution in [-0.4, -0.2) is 0 Å². The van der Waals surface area contributed by atoms with Gasteiger partial charge in [-0.15, -0.1) is 0 Å². The number of benzene rings is 11. The Kier molecular flexibility index (Phi) is 9.91. The third-order valence-electron chi connectivity index (χ3n) is 13.9. The molecule has 0 unspecified atom stereocenters. The van der Waals surface area contributed by atoms with E-state index in [2.05, 4.69) is 242 Å². The van der Waals surface area contributed by atoms with Crippen molar-refractivity contribution in [2.24, 2.45) is 0 Å². The Bertz CT molecular complexity index is 4110. The maximum atomic E-state index is 6.33. The molecule has 0 N–H and O–H groups in total. The highest BCUT2D eigenvalue weighted by Gasteiger charge is 2.22. The summed E-state index contributed by atoms with van der Waals surface area (Å²) in [6.45, 7) is 4.50. The number of nitrogens with zero attached hydrogens (tertiary/aromatic N) is 2. The van der Waals surface area contributed by atoms with Gasteiger partial charge in [0, 0.05) is 55.4 Å². The summed E-state index contributed by atoms with van der Waals surface area (Å²) in [5.41, 5.74) is 19.4. The molecule has 2 aromatic heterocycles. The molecule has 0 amide bonds. The highest BCUT2D eigenvalue weighted by Crippen LogP contribution is 2.47. The summed E-state index contributed by atoms with van der Waals surface area (Å²) < 4.78 is 12.6. The Balaban J connectivity index is 0.893. The lowest BCUT2D eigenvalue weighted by Crippen LogP contribution is -2.11. The van der Waals surface area contributed by atoms with Gasteiger partial charge in [-0.05, 0) is 167 Å². The number of anilines is 6.